The first-order chi connectivity index (χ1) is 11.8. The van der Waals surface area contributed by atoms with E-state index in [9.17, 15) is 12.6 Å². The summed E-state index contributed by atoms with van der Waals surface area (Å²) in [4.78, 5) is 0.422. The van der Waals surface area contributed by atoms with Gasteiger partial charge in [-0.2, -0.15) is 8.42 Å². The van der Waals surface area contributed by atoms with Gasteiger partial charge in [0.05, 0.1) is 9.79 Å². The van der Waals surface area contributed by atoms with Gasteiger partial charge in [-0.25, -0.2) is 4.21 Å². The maximum Gasteiger partial charge on any atom is 0.290 e. The van der Waals surface area contributed by atoms with Crippen molar-refractivity contribution in [1.82, 2.24) is 0 Å². The monoisotopic (exact) mass is 391 g/mol. The van der Waals surface area contributed by atoms with E-state index in [2.05, 4.69) is 3.77 Å². The molecule has 0 saturated carbocycles. The Balaban J connectivity index is 2.25. The van der Waals surface area contributed by atoms with Crippen LogP contribution in [0.15, 0.2) is 83.8 Å². The number of hydrogen-bond acceptors (Lipinski definition) is 4. The zero-order valence-corrected chi connectivity index (χ0v) is 16.2. The van der Waals surface area contributed by atoms with Crippen molar-refractivity contribution in [1.29, 1.82) is 0 Å². The molecule has 0 unspecified atom stereocenters. The van der Waals surface area contributed by atoms with E-state index in [0.29, 0.717) is 9.10 Å². The summed E-state index contributed by atoms with van der Waals surface area (Å²) in [7, 11) is -7.34. The molecule has 25 heavy (non-hydrogen) atoms. The second-order valence-electron chi connectivity index (χ2n) is 5.63. The van der Waals surface area contributed by atoms with Gasteiger partial charge in [0.15, 0.2) is 0 Å². The highest BCUT2D eigenvalue weighted by Gasteiger charge is 2.23. The zero-order valence-electron chi connectivity index (χ0n) is 13.7. The molecular formula is C18H17NO3S3. The summed E-state index contributed by atoms with van der Waals surface area (Å²) in [6.07, 6.45) is 0. The van der Waals surface area contributed by atoms with E-state index in [1.54, 1.807) is 53.9 Å². The van der Waals surface area contributed by atoms with Crippen LogP contribution in [0.4, 0.5) is 0 Å². The molecule has 0 aliphatic rings. The van der Waals surface area contributed by atoms with Crippen molar-refractivity contribution in [3.63, 3.8) is 0 Å². The first kappa shape index (κ1) is 17.8. The lowest BCUT2D eigenvalue weighted by molar-refractivity contribution is 0.598. The fourth-order valence-corrected chi connectivity index (χ4v) is 7.50. The molecule has 1 atom stereocenters. The first-order valence-electron chi connectivity index (χ1n) is 7.52. The van der Waals surface area contributed by atoms with Crippen molar-refractivity contribution in [3.05, 3.63) is 77.2 Å². The smallest absolute Gasteiger partial charge is 0.238 e. The zero-order chi connectivity index (χ0) is 18.1. The van der Waals surface area contributed by atoms with E-state index in [0.717, 1.165) is 11.1 Å². The standard InChI is InChI=1S/C18H17NO3S3/c1-14-5-9-16(10-6-14)24(20,18-4-3-13-23-18)19-25(21,22)17-11-7-15(2)8-12-17/h3-13H,1-2H3/t24-/m1/s1. The highest BCUT2D eigenvalue weighted by Crippen LogP contribution is 2.30. The van der Waals surface area contributed by atoms with E-state index < -0.39 is 19.8 Å². The SMILES string of the molecule is Cc1ccc(S(=O)(=O)N=[S@@](=O)(c2ccc(C)cc2)c2cccs2)cc1. The molecule has 0 aliphatic heterocycles. The number of hydrogen-bond donors (Lipinski definition) is 0. The van der Waals surface area contributed by atoms with Gasteiger partial charge in [0.25, 0.3) is 10.0 Å². The molecule has 1 heterocycles. The van der Waals surface area contributed by atoms with Crippen molar-refractivity contribution in [2.24, 2.45) is 3.77 Å². The molecule has 130 valence electrons. The van der Waals surface area contributed by atoms with Crippen molar-refractivity contribution in [2.75, 3.05) is 0 Å². The van der Waals surface area contributed by atoms with Gasteiger partial charge in [0.1, 0.15) is 13.9 Å². The Bertz CT molecular complexity index is 1090. The Kier molecular flexibility index (Phi) is 4.81. The normalized spacial score (nSPS) is 14.0. The Hall–Kier alpha value is -1.96. The van der Waals surface area contributed by atoms with Crippen LogP contribution in [0.5, 0.6) is 0 Å². The topological polar surface area (TPSA) is 63.6 Å². The summed E-state index contributed by atoms with van der Waals surface area (Å²) in [5.41, 5.74) is 1.94. The molecule has 7 heteroatoms. The Morgan fingerprint density at radius 1 is 0.760 bits per heavy atom. The molecular weight excluding hydrogens is 374 g/mol. The molecule has 3 aromatic rings. The van der Waals surface area contributed by atoms with Gasteiger partial charge in [-0.1, -0.05) is 45.2 Å². The fraction of sp³-hybridized carbons (Fsp3) is 0.111. The lowest BCUT2D eigenvalue weighted by Gasteiger charge is -2.09. The number of benzene rings is 2. The molecule has 0 radical (unpaired) electrons. The predicted octanol–water partition coefficient (Wildman–Crippen LogP) is 4.64. The Labute approximate surface area is 152 Å². The van der Waals surface area contributed by atoms with Crippen LogP contribution in [0.2, 0.25) is 0 Å². The molecule has 4 nitrogen and oxygen atoms in total. The van der Waals surface area contributed by atoms with Gasteiger partial charge in [-0.15, -0.1) is 11.3 Å². The van der Waals surface area contributed by atoms with Crippen LogP contribution in [0.25, 0.3) is 0 Å². The molecule has 0 fully saturated rings. The third kappa shape index (κ3) is 3.68. The largest absolute Gasteiger partial charge is 0.290 e. The quantitative estimate of drug-likeness (QED) is 0.651. The lowest BCUT2D eigenvalue weighted by Crippen LogP contribution is -2.06. The second-order valence-corrected chi connectivity index (χ2v) is 10.8. The van der Waals surface area contributed by atoms with E-state index in [1.807, 2.05) is 13.8 Å². The van der Waals surface area contributed by atoms with Crippen molar-refractivity contribution in [3.8, 4) is 0 Å². The van der Waals surface area contributed by atoms with E-state index in [4.69, 9.17) is 0 Å². The number of sulfonamides is 1. The van der Waals surface area contributed by atoms with Crippen molar-refractivity contribution in [2.45, 2.75) is 27.8 Å². The highest BCUT2D eigenvalue weighted by molar-refractivity contribution is 8.04. The highest BCUT2D eigenvalue weighted by atomic mass is 32.3. The van der Waals surface area contributed by atoms with Crippen molar-refractivity contribution >= 4 is 31.1 Å². The Morgan fingerprint density at radius 3 is 1.76 bits per heavy atom. The minimum Gasteiger partial charge on any atom is -0.238 e. The van der Waals surface area contributed by atoms with Crippen molar-refractivity contribution < 1.29 is 12.6 Å². The van der Waals surface area contributed by atoms with Gasteiger partial charge in [-0.05, 0) is 49.6 Å². The molecule has 3 rings (SSSR count). The number of aryl methyl sites for hydroxylation is 2. The average molecular weight is 392 g/mol. The molecule has 0 amide bonds. The van der Waals surface area contributed by atoms with Gasteiger partial charge in [0.2, 0.25) is 0 Å². The van der Waals surface area contributed by atoms with Crippen LogP contribution in [-0.2, 0) is 19.8 Å². The van der Waals surface area contributed by atoms with Crippen LogP contribution in [-0.4, -0.2) is 12.6 Å². The summed E-state index contributed by atoms with van der Waals surface area (Å²) < 4.78 is 43.5. The summed E-state index contributed by atoms with van der Waals surface area (Å²) >= 11 is 1.23. The number of thiophene rings is 1. The first-order valence-corrected chi connectivity index (χ1v) is 11.4. The molecule has 0 spiro atoms. The van der Waals surface area contributed by atoms with Gasteiger partial charge in [-0.3, -0.25) is 0 Å². The summed E-state index contributed by atoms with van der Waals surface area (Å²) in [6, 6.07) is 16.7. The number of nitrogens with zero attached hydrogens (tertiary/aromatic N) is 1. The molecule has 2 aromatic carbocycles. The average Bonchev–Trinajstić information content (AvgIpc) is 3.10. The van der Waals surface area contributed by atoms with Crippen LogP contribution in [0.3, 0.4) is 0 Å². The van der Waals surface area contributed by atoms with Crippen LogP contribution < -0.4 is 0 Å². The third-order valence-electron chi connectivity index (χ3n) is 3.63. The van der Waals surface area contributed by atoms with E-state index in [-0.39, 0.29) is 4.90 Å². The van der Waals surface area contributed by atoms with Gasteiger partial charge >= 0.3 is 0 Å². The van der Waals surface area contributed by atoms with Crippen LogP contribution >= 0.6 is 11.3 Å². The fourth-order valence-electron chi connectivity index (χ4n) is 2.23. The number of rotatable bonds is 4. The second kappa shape index (κ2) is 6.74. The molecule has 0 aliphatic carbocycles. The summed E-state index contributed by atoms with van der Waals surface area (Å²) in [5.74, 6) is 0. The maximum atomic E-state index is 13.7. The van der Waals surface area contributed by atoms with Gasteiger partial charge < -0.3 is 0 Å². The van der Waals surface area contributed by atoms with E-state index >= 15 is 0 Å². The molecule has 0 N–H and O–H groups in total. The minimum absolute atomic E-state index is 0.0366. The van der Waals surface area contributed by atoms with Gasteiger partial charge in [0, 0.05) is 0 Å². The lowest BCUT2D eigenvalue weighted by atomic mass is 10.2. The molecule has 0 bridgehead atoms. The summed E-state index contributed by atoms with van der Waals surface area (Å²) in [5, 5.41) is 1.76. The maximum absolute atomic E-state index is 13.7. The van der Waals surface area contributed by atoms with E-state index in [1.165, 1.54) is 23.5 Å². The summed E-state index contributed by atoms with van der Waals surface area (Å²) in [6.45, 7) is 3.78. The third-order valence-corrected chi connectivity index (χ3v) is 9.34. The molecule has 1 aromatic heterocycles. The van der Waals surface area contributed by atoms with Crippen LogP contribution in [0, 0.1) is 13.8 Å². The predicted molar refractivity (Wildman–Crippen MR) is 101 cm³/mol. The molecule has 0 saturated heterocycles. The van der Waals surface area contributed by atoms with Crippen LogP contribution in [0.1, 0.15) is 11.1 Å². The minimum atomic E-state index is -4.06. The Morgan fingerprint density at radius 2 is 1.28 bits per heavy atom.